The number of anilines is 2. The minimum atomic E-state index is -4.81. The molecule has 1 unspecified atom stereocenters. The van der Waals surface area contributed by atoms with Crippen LogP contribution in [0.4, 0.5) is 42.8 Å². The van der Waals surface area contributed by atoms with Crippen molar-refractivity contribution < 1.29 is 45.8 Å². The van der Waals surface area contributed by atoms with Crippen LogP contribution in [0.5, 0.6) is 0 Å². The Morgan fingerprint density at radius 2 is 1.50 bits per heavy atom. The molecule has 0 saturated carbocycles. The van der Waals surface area contributed by atoms with E-state index in [-0.39, 0.29) is 55.9 Å². The second kappa shape index (κ2) is 16.2. The molecule has 2 saturated heterocycles. The molecule has 2 aliphatic heterocycles. The van der Waals surface area contributed by atoms with Crippen molar-refractivity contribution in [2.45, 2.75) is 69.8 Å². The summed E-state index contributed by atoms with van der Waals surface area (Å²) in [5.41, 5.74) is -0.175. The molecular formula is C31H39F6N7O4. The molecule has 0 spiro atoms. The average Bonchev–Trinajstić information content (AvgIpc) is 3.53. The van der Waals surface area contributed by atoms with E-state index < -0.39 is 41.8 Å². The third kappa shape index (κ3) is 10.6. The van der Waals surface area contributed by atoms with Gasteiger partial charge in [0, 0.05) is 51.8 Å². The van der Waals surface area contributed by atoms with Gasteiger partial charge in [0.2, 0.25) is 17.6 Å². The summed E-state index contributed by atoms with van der Waals surface area (Å²) in [6, 6.07) is 5.34. The molecule has 0 aliphatic carbocycles. The first kappa shape index (κ1) is 36.5. The predicted octanol–water partition coefficient (Wildman–Crippen LogP) is 4.61. The van der Waals surface area contributed by atoms with Gasteiger partial charge < -0.3 is 30.9 Å². The van der Waals surface area contributed by atoms with E-state index in [4.69, 9.17) is 5.11 Å². The highest BCUT2D eigenvalue weighted by molar-refractivity contribution is 5.85. The molecule has 0 radical (unpaired) electrons. The summed E-state index contributed by atoms with van der Waals surface area (Å²) >= 11 is 0. The number of nitrogens with zero attached hydrogens (tertiary/aromatic N) is 4. The van der Waals surface area contributed by atoms with Gasteiger partial charge in [-0.05, 0) is 68.6 Å². The topological polar surface area (TPSA) is 140 Å². The summed E-state index contributed by atoms with van der Waals surface area (Å²) in [7, 11) is 0. The number of nitrogens with one attached hydrogen (secondary N) is 3. The molecule has 1 atom stereocenters. The highest BCUT2D eigenvalue weighted by Crippen LogP contribution is 2.34. The molecule has 4 rings (SSSR count). The van der Waals surface area contributed by atoms with Crippen molar-refractivity contribution in [2.24, 2.45) is 5.92 Å². The van der Waals surface area contributed by atoms with Crippen LogP contribution in [0.15, 0.2) is 30.3 Å². The number of rotatable bonds is 13. The summed E-state index contributed by atoms with van der Waals surface area (Å²) in [5.74, 6) is -1.48. The van der Waals surface area contributed by atoms with Crippen LogP contribution < -0.4 is 25.8 Å². The van der Waals surface area contributed by atoms with Gasteiger partial charge in [-0.25, -0.2) is 14.8 Å². The van der Waals surface area contributed by atoms with E-state index in [0.717, 1.165) is 18.6 Å². The van der Waals surface area contributed by atoms with Crippen molar-refractivity contribution >= 4 is 29.5 Å². The number of alkyl halides is 6. The number of piperidine rings is 1. The first-order valence-corrected chi connectivity index (χ1v) is 15.9. The minimum Gasteiger partial charge on any atom is -0.465 e. The largest absolute Gasteiger partial charge is 0.465 e. The Labute approximate surface area is 273 Å². The minimum absolute atomic E-state index is 0.000551. The zero-order valence-corrected chi connectivity index (χ0v) is 26.2. The summed E-state index contributed by atoms with van der Waals surface area (Å²) in [6.45, 7) is 1.68. The number of carbonyl (C=O) groups is 3. The highest BCUT2D eigenvalue weighted by atomic mass is 19.4. The van der Waals surface area contributed by atoms with Gasteiger partial charge in [0.05, 0.1) is 5.56 Å². The number of aromatic nitrogens is 2. The van der Waals surface area contributed by atoms with Gasteiger partial charge in [-0.15, -0.1) is 0 Å². The molecule has 48 heavy (non-hydrogen) atoms. The van der Waals surface area contributed by atoms with Crippen molar-refractivity contribution in [1.82, 2.24) is 25.9 Å². The van der Waals surface area contributed by atoms with E-state index >= 15 is 0 Å². The normalized spacial score (nSPS) is 17.3. The van der Waals surface area contributed by atoms with Gasteiger partial charge in [-0.2, -0.15) is 26.3 Å². The molecule has 3 amide bonds. The fourth-order valence-corrected chi connectivity index (χ4v) is 5.94. The van der Waals surface area contributed by atoms with E-state index in [1.54, 1.807) is 9.80 Å². The molecular weight excluding hydrogens is 648 g/mol. The number of halogens is 6. The van der Waals surface area contributed by atoms with Crippen molar-refractivity contribution in [3.63, 3.8) is 0 Å². The fraction of sp³-hybridized carbons (Fsp3) is 0.581. The SMILES string of the molecule is O=C(O)NCCNC(=O)CCCC1CCN(c2cc(N3CCCC3C(=O)NCCc3ccc(C(F)(F)F)cc3)nc(C(F)(F)F)n2)CC1. The Bertz CT molecular complexity index is 1400. The maximum absolute atomic E-state index is 13.9. The van der Waals surface area contributed by atoms with Crippen molar-refractivity contribution in [2.75, 3.05) is 49.1 Å². The number of hydrogen-bond donors (Lipinski definition) is 4. The van der Waals surface area contributed by atoms with E-state index in [0.29, 0.717) is 57.3 Å². The quantitative estimate of drug-likeness (QED) is 0.177. The van der Waals surface area contributed by atoms with Gasteiger partial charge in [0.1, 0.15) is 17.7 Å². The van der Waals surface area contributed by atoms with Crippen LogP contribution in [0.25, 0.3) is 0 Å². The van der Waals surface area contributed by atoms with Gasteiger partial charge in [0.15, 0.2) is 0 Å². The van der Waals surface area contributed by atoms with Crippen molar-refractivity contribution in [3.05, 3.63) is 47.3 Å². The fourth-order valence-electron chi connectivity index (χ4n) is 5.94. The van der Waals surface area contributed by atoms with Crippen LogP contribution in [0, 0.1) is 5.92 Å². The second-order valence-electron chi connectivity index (χ2n) is 11.9. The number of hydrogen-bond acceptors (Lipinski definition) is 7. The summed E-state index contributed by atoms with van der Waals surface area (Å²) < 4.78 is 80.2. The molecule has 264 valence electrons. The molecule has 4 N–H and O–H groups in total. The molecule has 11 nitrogen and oxygen atoms in total. The van der Waals surface area contributed by atoms with Crippen molar-refractivity contribution in [1.29, 1.82) is 0 Å². The standard InChI is InChI=1S/C31H39F6N7O4/c32-30(33,34)22-8-6-21(7-9-22)10-13-39-27(46)23-4-2-16-44(23)25-19-24(41-28(42-25)31(35,36)37)43-17-11-20(12-18-43)3-1-5-26(45)38-14-15-40-29(47)48/h6-9,19-20,23,40H,1-5,10-18H2,(H,38,45)(H,39,46)(H,47,48). The van der Waals surface area contributed by atoms with Crippen LogP contribution in [0.2, 0.25) is 0 Å². The average molecular weight is 688 g/mol. The Morgan fingerprint density at radius 1 is 0.833 bits per heavy atom. The van der Waals surface area contributed by atoms with Crippen LogP contribution in [0.1, 0.15) is 61.9 Å². The molecule has 0 bridgehead atoms. The number of carboxylic acid groups (broad SMARTS) is 1. The Hall–Kier alpha value is -4.31. The lowest BCUT2D eigenvalue weighted by Crippen LogP contribution is -2.44. The van der Waals surface area contributed by atoms with Crippen molar-refractivity contribution in [3.8, 4) is 0 Å². The smallest absolute Gasteiger partial charge is 0.451 e. The molecule has 1 aromatic heterocycles. The van der Waals surface area contributed by atoms with E-state index in [9.17, 15) is 40.7 Å². The van der Waals surface area contributed by atoms with E-state index in [1.807, 2.05) is 0 Å². The molecule has 2 aliphatic rings. The zero-order valence-electron chi connectivity index (χ0n) is 26.2. The lowest BCUT2D eigenvalue weighted by Gasteiger charge is -2.34. The van der Waals surface area contributed by atoms with Gasteiger partial charge in [-0.3, -0.25) is 9.59 Å². The van der Waals surface area contributed by atoms with E-state index in [1.165, 1.54) is 18.2 Å². The predicted molar refractivity (Wildman–Crippen MR) is 163 cm³/mol. The third-order valence-corrected chi connectivity index (χ3v) is 8.47. The van der Waals surface area contributed by atoms with Crippen LogP contribution in [-0.2, 0) is 28.4 Å². The first-order valence-electron chi connectivity index (χ1n) is 15.9. The van der Waals surface area contributed by atoms with Crippen LogP contribution in [0.3, 0.4) is 0 Å². The Morgan fingerprint density at radius 3 is 2.15 bits per heavy atom. The number of amides is 3. The molecule has 1 aromatic carbocycles. The lowest BCUT2D eigenvalue weighted by molar-refractivity contribution is -0.144. The Balaban J connectivity index is 1.32. The summed E-state index contributed by atoms with van der Waals surface area (Å²) in [6.07, 6.45) is -6.13. The first-order chi connectivity index (χ1) is 22.7. The second-order valence-corrected chi connectivity index (χ2v) is 11.9. The summed E-state index contributed by atoms with van der Waals surface area (Å²) in [4.78, 5) is 46.5. The number of carbonyl (C=O) groups excluding carboxylic acids is 2. The monoisotopic (exact) mass is 687 g/mol. The van der Waals surface area contributed by atoms with E-state index in [2.05, 4.69) is 25.9 Å². The van der Waals surface area contributed by atoms with Gasteiger partial charge in [0.25, 0.3) is 0 Å². The maximum Gasteiger partial charge on any atom is 0.451 e. The lowest BCUT2D eigenvalue weighted by atomic mass is 9.91. The Kier molecular flexibility index (Phi) is 12.3. The van der Waals surface area contributed by atoms with Crippen LogP contribution >= 0.6 is 0 Å². The molecule has 2 aromatic rings. The van der Waals surface area contributed by atoms with Gasteiger partial charge in [-0.1, -0.05) is 12.1 Å². The van der Waals surface area contributed by atoms with Crippen LogP contribution in [-0.4, -0.2) is 78.3 Å². The molecule has 3 heterocycles. The zero-order chi connectivity index (χ0) is 34.9. The highest BCUT2D eigenvalue weighted by Gasteiger charge is 2.39. The maximum atomic E-state index is 13.9. The number of benzene rings is 1. The van der Waals surface area contributed by atoms with Gasteiger partial charge >= 0.3 is 18.4 Å². The molecule has 17 heteroatoms. The summed E-state index contributed by atoms with van der Waals surface area (Å²) in [5, 5.41) is 16.1. The molecule has 2 fully saturated rings. The third-order valence-electron chi connectivity index (χ3n) is 8.47.